The molecule has 0 aromatic rings. The third-order valence-electron chi connectivity index (χ3n) is 6.63. The number of carbonyl (C=O) groups is 3. The molecule has 0 aliphatic carbocycles. The van der Waals surface area contributed by atoms with E-state index >= 15 is 0 Å². The van der Waals surface area contributed by atoms with Crippen molar-refractivity contribution in [3.8, 4) is 0 Å². The van der Waals surface area contributed by atoms with Gasteiger partial charge in [-0.15, -0.1) is 0 Å². The lowest BCUT2D eigenvalue weighted by molar-refractivity contribution is -0.147. The second kappa shape index (κ2) is 7.78. The molecule has 7 nitrogen and oxygen atoms in total. The predicted molar refractivity (Wildman–Crippen MR) is 109 cm³/mol. The van der Waals surface area contributed by atoms with Gasteiger partial charge in [-0.25, -0.2) is 9.69 Å². The molecular weight excluding hydrogens is 376 g/mol. The van der Waals surface area contributed by atoms with Crippen molar-refractivity contribution in [2.75, 3.05) is 6.61 Å². The molecular formula is C20H36N2O5Si. The number of hydrogen-bond donors (Lipinski definition) is 1. The molecule has 0 saturated carbocycles. The molecule has 2 unspecified atom stereocenters. The third kappa shape index (κ3) is 4.12. The highest BCUT2D eigenvalue weighted by Crippen LogP contribution is 2.39. The zero-order chi connectivity index (χ0) is 21.6. The van der Waals surface area contributed by atoms with Gasteiger partial charge in [-0.1, -0.05) is 41.5 Å². The first-order valence-corrected chi connectivity index (χ1v) is 13.1. The van der Waals surface area contributed by atoms with Gasteiger partial charge in [0.25, 0.3) is 0 Å². The Kier molecular flexibility index (Phi) is 6.36. The summed E-state index contributed by atoms with van der Waals surface area (Å²) in [6, 6.07) is -0.612. The van der Waals surface area contributed by atoms with Crippen LogP contribution in [0.4, 0.5) is 4.79 Å². The monoisotopic (exact) mass is 412 g/mol. The van der Waals surface area contributed by atoms with Crippen LogP contribution in [-0.4, -0.2) is 55.9 Å². The molecule has 1 N–H and O–H groups in total. The first-order valence-electron chi connectivity index (χ1n) is 10.2. The van der Waals surface area contributed by atoms with E-state index in [9.17, 15) is 14.4 Å². The maximum Gasteiger partial charge on any atom is 0.416 e. The van der Waals surface area contributed by atoms with Gasteiger partial charge in [-0.3, -0.25) is 9.59 Å². The minimum atomic E-state index is -2.05. The van der Waals surface area contributed by atoms with Crippen LogP contribution in [0.1, 0.15) is 48.5 Å². The predicted octanol–water partition coefficient (Wildman–Crippen LogP) is 3.15. The Morgan fingerprint density at radius 3 is 2.25 bits per heavy atom. The second-order valence-corrected chi connectivity index (χ2v) is 14.8. The molecule has 28 heavy (non-hydrogen) atoms. The van der Waals surface area contributed by atoms with Crippen molar-refractivity contribution < 1.29 is 23.5 Å². The van der Waals surface area contributed by atoms with Gasteiger partial charge in [0, 0.05) is 0 Å². The maximum atomic E-state index is 13.1. The van der Waals surface area contributed by atoms with E-state index in [0.29, 0.717) is 0 Å². The standard InChI is InChI=1S/C20H36N2O5Si/c1-11(2)14-10-26-19(25)22(14)18(24)12(3)16-15(17(23)21-16)13(4)27-28(8,9)20(5,6)7/h11-16H,10H2,1-9H3,(H,21,23)/t12?,13-,14-,15?,16-/m1/s1. The smallest absolute Gasteiger partial charge is 0.416 e. The van der Waals surface area contributed by atoms with Gasteiger partial charge in [0.1, 0.15) is 6.61 Å². The average molecular weight is 413 g/mol. The molecule has 0 radical (unpaired) electrons. The summed E-state index contributed by atoms with van der Waals surface area (Å²) >= 11 is 0. The van der Waals surface area contributed by atoms with Crippen molar-refractivity contribution in [3.05, 3.63) is 0 Å². The fourth-order valence-electron chi connectivity index (χ4n) is 3.63. The van der Waals surface area contributed by atoms with E-state index in [1.807, 2.05) is 20.8 Å². The van der Waals surface area contributed by atoms with Gasteiger partial charge in [0.2, 0.25) is 11.8 Å². The summed E-state index contributed by atoms with van der Waals surface area (Å²) in [4.78, 5) is 38.7. The molecule has 2 saturated heterocycles. The summed E-state index contributed by atoms with van der Waals surface area (Å²) < 4.78 is 11.5. The molecule has 2 rings (SSSR count). The van der Waals surface area contributed by atoms with Crippen molar-refractivity contribution in [1.29, 1.82) is 0 Å². The lowest BCUT2D eigenvalue weighted by atomic mass is 9.78. The van der Waals surface area contributed by atoms with Gasteiger partial charge in [0.05, 0.1) is 30.0 Å². The van der Waals surface area contributed by atoms with E-state index in [2.05, 4.69) is 39.2 Å². The Morgan fingerprint density at radius 1 is 1.21 bits per heavy atom. The van der Waals surface area contributed by atoms with Crippen LogP contribution >= 0.6 is 0 Å². The number of amides is 3. The number of nitrogens with zero attached hydrogens (tertiary/aromatic N) is 1. The molecule has 2 aliphatic heterocycles. The zero-order valence-electron chi connectivity index (χ0n) is 18.7. The Hall–Kier alpha value is -1.41. The number of nitrogens with one attached hydrogen (secondary N) is 1. The summed E-state index contributed by atoms with van der Waals surface area (Å²) in [5.41, 5.74) is 0. The van der Waals surface area contributed by atoms with Crippen molar-refractivity contribution in [2.45, 2.75) is 84.8 Å². The minimum absolute atomic E-state index is 0.0300. The number of hydrogen-bond acceptors (Lipinski definition) is 5. The highest BCUT2D eigenvalue weighted by atomic mass is 28.4. The Bertz CT molecular complexity index is 643. The SMILES string of the molecule is CC(C(=O)N1C(=O)OC[C@@H]1C(C)C)[C@H]1NC(=O)C1[C@@H](C)O[Si](C)(C)C(C)(C)C. The largest absolute Gasteiger partial charge is 0.447 e. The lowest BCUT2D eigenvalue weighted by Crippen LogP contribution is -2.67. The molecule has 2 heterocycles. The molecule has 2 aliphatic rings. The highest BCUT2D eigenvalue weighted by Gasteiger charge is 2.52. The summed E-state index contributed by atoms with van der Waals surface area (Å²) in [5, 5.41) is 2.89. The third-order valence-corrected chi connectivity index (χ3v) is 11.2. The zero-order valence-corrected chi connectivity index (χ0v) is 19.7. The van der Waals surface area contributed by atoms with Crippen LogP contribution in [0.2, 0.25) is 18.1 Å². The summed E-state index contributed by atoms with van der Waals surface area (Å²) in [7, 11) is -2.05. The first-order chi connectivity index (χ1) is 12.7. The first kappa shape index (κ1) is 22.9. The van der Waals surface area contributed by atoms with Gasteiger partial charge in [-0.2, -0.15) is 0 Å². The molecule has 0 aromatic heterocycles. The molecule has 0 aromatic carbocycles. The fourth-order valence-corrected chi connectivity index (χ4v) is 5.06. The Morgan fingerprint density at radius 2 is 1.79 bits per heavy atom. The summed E-state index contributed by atoms with van der Waals surface area (Å²) in [6.45, 7) is 18.6. The van der Waals surface area contributed by atoms with Gasteiger partial charge in [0.15, 0.2) is 8.32 Å². The molecule has 8 heteroatoms. The van der Waals surface area contributed by atoms with Crippen LogP contribution in [0.3, 0.4) is 0 Å². The Labute approximate surface area is 169 Å². The maximum absolute atomic E-state index is 13.1. The molecule has 160 valence electrons. The molecule has 0 spiro atoms. The normalized spacial score (nSPS) is 27.9. The quantitative estimate of drug-likeness (QED) is 0.535. The van der Waals surface area contributed by atoms with Crippen LogP contribution in [-0.2, 0) is 18.8 Å². The van der Waals surface area contributed by atoms with Crippen molar-refractivity contribution in [1.82, 2.24) is 10.2 Å². The van der Waals surface area contributed by atoms with Crippen LogP contribution in [0.15, 0.2) is 0 Å². The number of rotatable bonds is 6. The fraction of sp³-hybridized carbons (Fsp3) is 0.850. The van der Waals surface area contributed by atoms with Crippen LogP contribution < -0.4 is 5.32 Å². The van der Waals surface area contributed by atoms with E-state index in [1.165, 1.54) is 4.90 Å². The van der Waals surface area contributed by atoms with Crippen LogP contribution in [0.5, 0.6) is 0 Å². The molecule has 3 amide bonds. The number of carbonyl (C=O) groups excluding carboxylic acids is 3. The number of ether oxygens (including phenoxy) is 1. The molecule has 0 bridgehead atoms. The van der Waals surface area contributed by atoms with E-state index in [0.717, 1.165) is 0 Å². The van der Waals surface area contributed by atoms with Crippen molar-refractivity contribution >= 4 is 26.2 Å². The van der Waals surface area contributed by atoms with Crippen molar-refractivity contribution in [2.24, 2.45) is 17.8 Å². The van der Waals surface area contributed by atoms with E-state index in [1.54, 1.807) is 6.92 Å². The Balaban J connectivity index is 2.13. The lowest BCUT2D eigenvalue weighted by Gasteiger charge is -2.47. The summed E-state index contributed by atoms with van der Waals surface area (Å²) in [5.74, 6) is -1.21. The summed E-state index contributed by atoms with van der Waals surface area (Å²) in [6.07, 6.45) is -0.885. The highest BCUT2D eigenvalue weighted by molar-refractivity contribution is 6.74. The van der Waals surface area contributed by atoms with Crippen molar-refractivity contribution in [3.63, 3.8) is 0 Å². The number of cyclic esters (lactones) is 1. The number of imide groups is 1. The van der Waals surface area contributed by atoms with Gasteiger partial charge >= 0.3 is 6.09 Å². The molecule has 2 fully saturated rings. The molecule has 5 atom stereocenters. The van der Waals surface area contributed by atoms with E-state index < -0.39 is 26.2 Å². The minimum Gasteiger partial charge on any atom is -0.447 e. The van der Waals surface area contributed by atoms with Crippen LogP contribution in [0, 0.1) is 17.8 Å². The average Bonchev–Trinajstić information content (AvgIpc) is 2.91. The second-order valence-electron chi connectivity index (χ2n) is 10.0. The van der Waals surface area contributed by atoms with E-state index in [-0.39, 0.29) is 47.6 Å². The topological polar surface area (TPSA) is 84.9 Å². The van der Waals surface area contributed by atoms with E-state index in [4.69, 9.17) is 9.16 Å². The van der Waals surface area contributed by atoms with Crippen LogP contribution in [0.25, 0.3) is 0 Å². The van der Waals surface area contributed by atoms with Gasteiger partial charge in [-0.05, 0) is 31.0 Å². The van der Waals surface area contributed by atoms with Gasteiger partial charge < -0.3 is 14.5 Å². The number of β-lactam (4-membered cyclic amide) rings is 1.